The number of hydrogen-bond donors (Lipinski definition) is 0. The van der Waals surface area contributed by atoms with E-state index in [1.807, 2.05) is 12.4 Å². The largest absolute Gasteiger partial charge is 0.288 e. The average Bonchev–Trinajstić information content (AvgIpc) is 2.86. The first-order valence-corrected chi connectivity index (χ1v) is 6.25. The van der Waals surface area contributed by atoms with E-state index in [0.29, 0.717) is 0 Å². The Morgan fingerprint density at radius 3 is 2.94 bits per heavy atom. The quantitative estimate of drug-likeness (QED) is 0.790. The average molecular weight is 228 g/mol. The van der Waals surface area contributed by atoms with Gasteiger partial charge >= 0.3 is 0 Å². The minimum absolute atomic E-state index is 0.922. The van der Waals surface area contributed by atoms with Crippen molar-refractivity contribution in [1.82, 2.24) is 19.5 Å². The maximum atomic E-state index is 4.45. The van der Waals surface area contributed by atoms with Crippen LogP contribution in [0.25, 0.3) is 5.82 Å². The molecule has 4 heteroatoms. The topological polar surface area (TPSA) is 43.6 Å². The fraction of sp³-hybridized carbons (Fsp3) is 0.462. The van der Waals surface area contributed by atoms with E-state index >= 15 is 0 Å². The van der Waals surface area contributed by atoms with Gasteiger partial charge in [0, 0.05) is 30.1 Å². The third-order valence-corrected chi connectivity index (χ3v) is 3.36. The van der Waals surface area contributed by atoms with Crippen LogP contribution in [0.3, 0.4) is 0 Å². The predicted molar refractivity (Wildman–Crippen MR) is 65.2 cm³/mol. The van der Waals surface area contributed by atoms with Crippen molar-refractivity contribution in [3.63, 3.8) is 0 Å². The summed E-state index contributed by atoms with van der Waals surface area (Å²) in [6.07, 6.45) is 11.1. The van der Waals surface area contributed by atoms with Gasteiger partial charge in [0.1, 0.15) is 18.0 Å². The molecule has 0 radical (unpaired) electrons. The molecule has 3 rings (SSSR count). The molecule has 0 N–H and O–H groups in total. The van der Waals surface area contributed by atoms with Crippen molar-refractivity contribution < 1.29 is 0 Å². The highest BCUT2D eigenvalue weighted by Crippen LogP contribution is 2.24. The lowest BCUT2D eigenvalue weighted by molar-refractivity contribution is 0.653. The van der Waals surface area contributed by atoms with E-state index in [2.05, 4.69) is 26.4 Å². The summed E-state index contributed by atoms with van der Waals surface area (Å²) in [7, 11) is 0. The minimum Gasteiger partial charge on any atom is -0.288 e. The van der Waals surface area contributed by atoms with Gasteiger partial charge in [0.25, 0.3) is 0 Å². The molecule has 1 aliphatic carbocycles. The first kappa shape index (κ1) is 10.4. The highest BCUT2D eigenvalue weighted by Gasteiger charge is 2.17. The summed E-state index contributed by atoms with van der Waals surface area (Å²) in [5, 5.41) is 0. The number of imidazole rings is 1. The molecule has 2 aromatic rings. The van der Waals surface area contributed by atoms with Crippen LogP contribution in [-0.2, 0) is 19.3 Å². The standard InChI is InChI=1S/C13H16N4/c1-2-12-14-7-8-17(12)13-10-5-3-4-6-11(10)15-9-16-13/h7-9H,2-6H2,1H3. The lowest BCUT2D eigenvalue weighted by Crippen LogP contribution is -2.13. The van der Waals surface area contributed by atoms with Gasteiger partial charge < -0.3 is 0 Å². The van der Waals surface area contributed by atoms with Gasteiger partial charge in [0.2, 0.25) is 0 Å². The van der Waals surface area contributed by atoms with Gasteiger partial charge in [-0.25, -0.2) is 15.0 Å². The number of hydrogen-bond acceptors (Lipinski definition) is 3. The molecule has 0 saturated heterocycles. The summed E-state index contributed by atoms with van der Waals surface area (Å²) in [5.41, 5.74) is 2.53. The highest BCUT2D eigenvalue weighted by atomic mass is 15.1. The predicted octanol–water partition coefficient (Wildman–Crippen LogP) is 2.10. The summed E-state index contributed by atoms with van der Waals surface area (Å²) in [6.45, 7) is 2.12. The first-order valence-electron chi connectivity index (χ1n) is 6.25. The van der Waals surface area contributed by atoms with Crippen LogP contribution in [0, 0.1) is 0 Å². The zero-order chi connectivity index (χ0) is 11.7. The van der Waals surface area contributed by atoms with E-state index in [1.165, 1.54) is 24.1 Å². The Balaban J connectivity index is 2.14. The van der Waals surface area contributed by atoms with Gasteiger partial charge in [-0.2, -0.15) is 0 Å². The molecular weight excluding hydrogens is 212 g/mol. The van der Waals surface area contributed by atoms with Crippen molar-refractivity contribution in [3.05, 3.63) is 35.8 Å². The van der Waals surface area contributed by atoms with Crippen LogP contribution in [0.2, 0.25) is 0 Å². The van der Waals surface area contributed by atoms with Crippen molar-refractivity contribution in [2.45, 2.75) is 39.0 Å². The van der Waals surface area contributed by atoms with E-state index in [9.17, 15) is 0 Å². The molecule has 0 atom stereocenters. The molecule has 0 aliphatic heterocycles. The minimum atomic E-state index is 0.922. The zero-order valence-corrected chi connectivity index (χ0v) is 10.1. The Kier molecular flexibility index (Phi) is 2.63. The third-order valence-electron chi connectivity index (χ3n) is 3.36. The van der Waals surface area contributed by atoms with E-state index in [0.717, 1.165) is 30.9 Å². The van der Waals surface area contributed by atoms with Crippen LogP contribution >= 0.6 is 0 Å². The lowest BCUT2D eigenvalue weighted by Gasteiger charge is -2.18. The fourth-order valence-electron chi connectivity index (χ4n) is 2.50. The van der Waals surface area contributed by atoms with Crippen molar-refractivity contribution in [2.24, 2.45) is 0 Å². The maximum Gasteiger partial charge on any atom is 0.144 e. The van der Waals surface area contributed by atoms with Gasteiger partial charge in [-0.1, -0.05) is 6.92 Å². The second-order valence-electron chi connectivity index (χ2n) is 4.40. The van der Waals surface area contributed by atoms with Crippen LogP contribution in [0.4, 0.5) is 0 Å². The second kappa shape index (κ2) is 4.28. The smallest absolute Gasteiger partial charge is 0.144 e. The molecular formula is C13H16N4. The van der Waals surface area contributed by atoms with Crippen LogP contribution in [0.1, 0.15) is 36.8 Å². The molecule has 0 fully saturated rings. The Labute approximate surface area is 101 Å². The van der Waals surface area contributed by atoms with Gasteiger partial charge in [-0.15, -0.1) is 0 Å². The molecule has 88 valence electrons. The maximum absolute atomic E-state index is 4.45. The van der Waals surface area contributed by atoms with Gasteiger partial charge in [-0.05, 0) is 25.7 Å². The molecule has 0 aromatic carbocycles. The number of aromatic nitrogens is 4. The molecule has 17 heavy (non-hydrogen) atoms. The van der Waals surface area contributed by atoms with Crippen molar-refractivity contribution in [2.75, 3.05) is 0 Å². The highest BCUT2D eigenvalue weighted by molar-refractivity contribution is 5.39. The molecule has 0 bridgehead atoms. The fourth-order valence-corrected chi connectivity index (χ4v) is 2.50. The number of rotatable bonds is 2. The Bertz CT molecular complexity index is 530. The van der Waals surface area contributed by atoms with Crippen LogP contribution in [-0.4, -0.2) is 19.5 Å². The summed E-state index contributed by atoms with van der Waals surface area (Å²) in [5.74, 6) is 2.10. The normalized spacial score (nSPS) is 14.6. The van der Waals surface area contributed by atoms with Gasteiger partial charge in [0.15, 0.2) is 0 Å². The molecule has 0 amide bonds. The van der Waals surface area contributed by atoms with E-state index < -0.39 is 0 Å². The van der Waals surface area contributed by atoms with Crippen LogP contribution in [0.15, 0.2) is 18.7 Å². The Hall–Kier alpha value is -1.71. The third kappa shape index (κ3) is 1.73. The molecule has 0 saturated carbocycles. The monoisotopic (exact) mass is 228 g/mol. The first-order chi connectivity index (χ1) is 8.40. The molecule has 2 aromatic heterocycles. The molecule has 0 spiro atoms. The Morgan fingerprint density at radius 1 is 1.18 bits per heavy atom. The second-order valence-corrected chi connectivity index (χ2v) is 4.40. The number of nitrogens with zero attached hydrogens (tertiary/aromatic N) is 4. The SMILES string of the molecule is CCc1nccn1-c1ncnc2c1CCCC2. The lowest BCUT2D eigenvalue weighted by atomic mass is 9.96. The number of fused-ring (bicyclic) bond motifs is 1. The van der Waals surface area contributed by atoms with Crippen LogP contribution < -0.4 is 0 Å². The van der Waals surface area contributed by atoms with Crippen LogP contribution in [0.5, 0.6) is 0 Å². The van der Waals surface area contributed by atoms with E-state index in [-0.39, 0.29) is 0 Å². The zero-order valence-electron chi connectivity index (χ0n) is 10.1. The van der Waals surface area contributed by atoms with E-state index in [4.69, 9.17) is 0 Å². The summed E-state index contributed by atoms with van der Waals surface area (Å²) < 4.78 is 2.10. The van der Waals surface area contributed by atoms with Gasteiger partial charge in [0.05, 0.1) is 0 Å². The molecule has 2 heterocycles. The van der Waals surface area contributed by atoms with Crippen molar-refractivity contribution >= 4 is 0 Å². The summed E-state index contributed by atoms with van der Waals surface area (Å²) in [6, 6.07) is 0. The van der Waals surface area contributed by atoms with Crippen molar-refractivity contribution in [1.29, 1.82) is 0 Å². The molecule has 0 unspecified atom stereocenters. The molecule has 1 aliphatic rings. The van der Waals surface area contributed by atoms with Crippen molar-refractivity contribution in [3.8, 4) is 5.82 Å². The van der Waals surface area contributed by atoms with Gasteiger partial charge in [-0.3, -0.25) is 4.57 Å². The Morgan fingerprint density at radius 2 is 2.06 bits per heavy atom. The summed E-state index contributed by atoms with van der Waals surface area (Å²) >= 11 is 0. The summed E-state index contributed by atoms with van der Waals surface area (Å²) in [4.78, 5) is 13.2. The van der Waals surface area contributed by atoms with E-state index in [1.54, 1.807) is 6.33 Å². The number of aryl methyl sites for hydroxylation is 2. The molecule has 4 nitrogen and oxygen atoms in total.